The maximum Gasteiger partial charge on any atom is 0.225 e. The summed E-state index contributed by atoms with van der Waals surface area (Å²) in [5, 5.41) is 10.6. The van der Waals surface area contributed by atoms with E-state index >= 15 is 0 Å². The van der Waals surface area contributed by atoms with Gasteiger partial charge in [-0.05, 0) is 24.1 Å². The number of rotatable bonds is 3. The Hall–Kier alpha value is -1.94. The lowest BCUT2D eigenvalue weighted by Gasteiger charge is -2.16. The number of likely N-dealkylation sites (tertiary alicyclic amines) is 1. The molecule has 3 rings (SSSR count). The summed E-state index contributed by atoms with van der Waals surface area (Å²) in [7, 11) is 0. The molecule has 0 bridgehead atoms. The maximum atomic E-state index is 11.6. The molecular weight excluding hydrogens is 240 g/mol. The number of β-amino-alcohol motifs (C(OH)–C–C–N with tert-alkyl or cyclic N) is 1. The largest absolute Gasteiger partial charge is 0.391 e. The first-order valence-electron chi connectivity index (χ1n) is 6.52. The highest BCUT2D eigenvalue weighted by atomic mass is 16.3. The van der Waals surface area contributed by atoms with Crippen LogP contribution in [0.3, 0.4) is 0 Å². The summed E-state index contributed by atoms with van der Waals surface area (Å²) in [5.74, 6) is 0.0471. The maximum absolute atomic E-state index is 11.6. The van der Waals surface area contributed by atoms with Gasteiger partial charge in [0.05, 0.1) is 18.0 Å². The molecule has 4 nitrogen and oxygen atoms in total. The van der Waals surface area contributed by atoms with Gasteiger partial charge >= 0.3 is 0 Å². The highest BCUT2D eigenvalue weighted by Crippen LogP contribution is 2.18. The number of benzene rings is 1. The van der Waals surface area contributed by atoms with E-state index in [1.54, 1.807) is 11.1 Å². The minimum atomic E-state index is -0.498. The number of hydrogen-bond acceptors (Lipinski definition) is 3. The van der Waals surface area contributed by atoms with E-state index in [0.29, 0.717) is 13.1 Å². The Morgan fingerprint density at radius 1 is 1.32 bits per heavy atom. The average molecular weight is 256 g/mol. The van der Waals surface area contributed by atoms with Crippen molar-refractivity contribution in [3.63, 3.8) is 0 Å². The number of amides is 1. The van der Waals surface area contributed by atoms with Gasteiger partial charge in [0.15, 0.2) is 0 Å². The third-order valence-electron chi connectivity index (χ3n) is 3.58. The number of nitrogens with zero attached hydrogens (tertiary/aromatic N) is 2. The van der Waals surface area contributed by atoms with Crippen LogP contribution in [0.2, 0.25) is 0 Å². The second-order valence-electron chi connectivity index (χ2n) is 4.93. The first-order chi connectivity index (χ1) is 9.24. The summed E-state index contributed by atoms with van der Waals surface area (Å²) in [6.07, 6.45) is 2.34. The first kappa shape index (κ1) is 12.1. The minimum Gasteiger partial charge on any atom is -0.391 e. The molecule has 0 radical (unpaired) electrons. The van der Waals surface area contributed by atoms with Crippen LogP contribution in [-0.2, 0) is 11.2 Å². The smallest absolute Gasteiger partial charge is 0.225 e. The predicted octanol–water partition coefficient (Wildman–Crippen LogP) is 1.37. The lowest BCUT2D eigenvalue weighted by atomic mass is 10.1. The Bertz CT molecular complexity index is 607. The zero-order valence-electron chi connectivity index (χ0n) is 10.6. The summed E-state index contributed by atoms with van der Waals surface area (Å²) in [4.78, 5) is 17.7. The van der Waals surface area contributed by atoms with Crippen molar-refractivity contribution in [1.29, 1.82) is 0 Å². The molecule has 2 aromatic rings. The molecule has 1 aromatic carbocycles. The van der Waals surface area contributed by atoms with Gasteiger partial charge < -0.3 is 10.0 Å². The molecule has 0 spiro atoms. The molecule has 1 N–H and O–H groups in total. The molecule has 1 aliphatic rings. The van der Waals surface area contributed by atoms with Gasteiger partial charge in [-0.15, -0.1) is 0 Å². The second-order valence-corrected chi connectivity index (χ2v) is 4.93. The van der Waals surface area contributed by atoms with Crippen LogP contribution in [0.5, 0.6) is 0 Å². The van der Waals surface area contributed by atoms with Crippen LogP contribution < -0.4 is 0 Å². The molecule has 1 amide bonds. The van der Waals surface area contributed by atoms with E-state index in [0.717, 1.165) is 17.3 Å². The third kappa shape index (κ3) is 2.44. The number of pyridine rings is 1. The molecule has 1 aromatic heterocycles. The van der Waals surface area contributed by atoms with Gasteiger partial charge in [0.2, 0.25) is 5.91 Å². The van der Waals surface area contributed by atoms with Crippen LogP contribution in [0.25, 0.3) is 10.9 Å². The summed E-state index contributed by atoms with van der Waals surface area (Å²) < 4.78 is 0. The second kappa shape index (κ2) is 4.97. The van der Waals surface area contributed by atoms with Crippen molar-refractivity contribution in [2.45, 2.75) is 18.9 Å². The quantitative estimate of drug-likeness (QED) is 0.902. The van der Waals surface area contributed by atoms with E-state index in [1.807, 2.05) is 18.2 Å². The average Bonchev–Trinajstić information content (AvgIpc) is 2.74. The molecule has 0 aliphatic carbocycles. The fourth-order valence-corrected chi connectivity index (χ4v) is 2.61. The van der Waals surface area contributed by atoms with Crippen LogP contribution in [0.1, 0.15) is 12.0 Å². The van der Waals surface area contributed by atoms with Gasteiger partial charge in [0.25, 0.3) is 0 Å². The van der Waals surface area contributed by atoms with Crippen LogP contribution >= 0.6 is 0 Å². The minimum absolute atomic E-state index is 0.0471. The number of carbonyl (C=O) groups is 1. The summed E-state index contributed by atoms with van der Waals surface area (Å²) in [6.45, 7) is 1.12. The number of aromatic nitrogens is 1. The number of hydrogen-bond donors (Lipinski definition) is 1. The standard InChI is InChI=1S/C15H16N2O2/c18-12-9-15(19)17(10-12)8-6-11-3-1-5-14-13(11)4-2-7-16-14/h1-5,7,12,18H,6,8-10H2. The van der Waals surface area contributed by atoms with E-state index in [-0.39, 0.29) is 12.3 Å². The first-order valence-corrected chi connectivity index (χ1v) is 6.52. The summed E-state index contributed by atoms with van der Waals surface area (Å²) >= 11 is 0. The van der Waals surface area contributed by atoms with Gasteiger partial charge in [-0.1, -0.05) is 18.2 Å². The Balaban J connectivity index is 1.77. The van der Waals surface area contributed by atoms with Crippen molar-refractivity contribution in [1.82, 2.24) is 9.88 Å². The van der Waals surface area contributed by atoms with Gasteiger partial charge in [-0.25, -0.2) is 0 Å². The highest BCUT2D eigenvalue weighted by molar-refractivity contribution is 5.82. The van der Waals surface area contributed by atoms with E-state index < -0.39 is 6.10 Å². The third-order valence-corrected chi connectivity index (χ3v) is 3.58. The van der Waals surface area contributed by atoms with Gasteiger partial charge in [-0.2, -0.15) is 0 Å². The molecule has 0 saturated carbocycles. The Morgan fingerprint density at radius 3 is 3.00 bits per heavy atom. The van der Waals surface area contributed by atoms with Crippen LogP contribution in [-0.4, -0.2) is 40.1 Å². The zero-order chi connectivity index (χ0) is 13.2. The zero-order valence-corrected chi connectivity index (χ0v) is 10.6. The van der Waals surface area contributed by atoms with Gasteiger partial charge in [0.1, 0.15) is 0 Å². The van der Waals surface area contributed by atoms with E-state index in [1.165, 1.54) is 5.56 Å². The van der Waals surface area contributed by atoms with Crippen molar-refractivity contribution in [2.75, 3.05) is 13.1 Å². The Kier molecular flexibility index (Phi) is 3.17. The van der Waals surface area contributed by atoms with Crippen molar-refractivity contribution in [3.05, 3.63) is 42.1 Å². The van der Waals surface area contributed by atoms with Crippen molar-refractivity contribution in [2.24, 2.45) is 0 Å². The Labute approximate surface area is 111 Å². The molecule has 1 aliphatic heterocycles. The number of aliphatic hydroxyl groups is 1. The monoisotopic (exact) mass is 256 g/mol. The van der Waals surface area contributed by atoms with Gasteiger partial charge in [-0.3, -0.25) is 9.78 Å². The lowest BCUT2D eigenvalue weighted by molar-refractivity contribution is -0.127. The number of carbonyl (C=O) groups excluding carboxylic acids is 1. The van der Waals surface area contributed by atoms with Crippen molar-refractivity contribution < 1.29 is 9.90 Å². The van der Waals surface area contributed by atoms with Crippen molar-refractivity contribution >= 4 is 16.8 Å². The molecular formula is C15H16N2O2. The SMILES string of the molecule is O=C1CC(O)CN1CCc1cccc2ncccc12. The van der Waals surface area contributed by atoms with E-state index in [4.69, 9.17) is 0 Å². The molecule has 4 heteroatoms. The molecule has 98 valence electrons. The predicted molar refractivity (Wildman–Crippen MR) is 72.7 cm³/mol. The fraction of sp³-hybridized carbons (Fsp3) is 0.333. The molecule has 1 unspecified atom stereocenters. The Morgan fingerprint density at radius 2 is 2.21 bits per heavy atom. The summed E-state index contributed by atoms with van der Waals surface area (Å²) in [6, 6.07) is 10.0. The topological polar surface area (TPSA) is 53.4 Å². The number of aliphatic hydroxyl groups excluding tert-OH is 1. The molecule has 2 heterocycles. The van der Waals surface area contributed by atoms with Crippen LogP contribution in [0, 0.1) is 0 Å². The van der Waals surface area contributed by atoms with E-state index in [9.17, 15) is 9.90 Å². The number of fused-ring (bicyclic) bond motifs is 1. The fourth-order valence-electron chi connectivity index (χ4n) is 2.61. The molecule has 1 fully saturated rings. The highest BCUT2D eigenvalue weighted by Gasteiger charge is 2.27. The van der Waals surface area contributed by atoms with Crippen molar-refractivity contribution in [3.8, 4) is 0 Å². The van der Waals surface area contributed by atoms with E-state index in [2.05, 4.69) is 17.1 Å². The lowest BCUT2D eigenvalue weighted by Crippen LogP contribution is -2.28. The van der Waals surface area contributed by atoms with Crippen LogP contribution in [0.4, 0.5) is 0 Å². The van der Waals surface area contributed by atoms with Gasteiger partial charge in [0, 0.05) is 24.7 Å². The normalized spacial score (nSPS) is 19.3. The molecule has 1 saturated heterocycles. The van der Waals surface area contributed by atoms with Crippen LogP contribution in [0.15, 0.2) is 36.5 Å². The summed E-state index contributed by atoms with van der Waals surface area (Å²) in [5.41, 5.74) is 2.17. The molecule has 1 atom stereocenters. The molecule has 19 heavy (non-hydrogen) atoms.